The van der Waals surface area contributed by atoms with Crippen LogP contribution in [0.3, 0.4) is 0 Å². The summed E-state index contributed by atoms with van der Waals surface area (Å²) in [5, 5.41) is 0. The second kappa shape index (κ2) is 6.98. The lowest BCUT2D eigenvalue weighted by Crippen LogP contribution is -1.96. The number of hydrogen-bond donors (Lipinski definition) is 0. The quantitative estimate of drug-likeness (QED) is 0.781. The van der Waals surface area contributed by atoms with Gasteiger partial charge in [-0.3, -0.25) is 4.99 Å². The summed E-state index contributed by atoms with van der Waals surface area (Å²) in [6.45, 7) is 4.16. The fourth-order valence-electron chi connectivity index (χ4n) is 2.13. The Kier molecular flexibility index (Phi) is 5.04. The summed E-state index contributed by atoms with van der Waals surface area (Å²) in [7, 11) is 4.78. The number of ether oxygens (including phenoxy) is 3. The van der Waals surface area contributed by atoms with Crippen LogP contribution in [0.4, 0.5) is 5.69 Å². The number of aryl methyl sites for hydroxylation is 2. The van der Waals surface area contributed by atoms with Crippen LogP contribution in [0.15, 0.2) is 35.3 Å². The Morgan fingerprint density at radius 1 is 0.818 bits per heavy atom. The fourth-order valence-corrected chi connectivity index (χ4v) is 2.13. The number of rotatable bonds is 5. The lowest BCUT2D eigenvalue weighted by molar-refractivity contribution is 0.324. The molecule has 22 heavy (non-hydrogen) atoms. The Bertz CT molecular complexity index is 668. The second-order valence-corrected chi connectivity index (χ2v) is 4.99. The molecule has 0 aliphatic heterocycles. The third-order valence-corrected chi connectivity index (χ3v) is 3.54. The van der Waals surface area contributed by atoms with E-state index in [-0.39, 0.29) is 0 Å². The molecule has 2 aromatic carbocycles. The Morgan fingerprint density at radius 2 is 1.45 bits per heavy atom. The maximum Gasteiger partial charge on any atom is 0.203 e. The van der Waals surface area contributed by atoms with Gasteiger partial charge >= 0.3 is 0 Å². The highest BCUT2D eigenvalue weighted by atomic mass is 16.5. The molecule has 0 N–H and O–H groups in total. The number of nitrogens with zero attached hydrogens (tertiary/aromatic N) is 1. The van der Waals surface area contributed by atoms with Gasteiger partial charge in [0.2, 0.25) is 5.75 Å². The van der Waals surface area contributed by atoms with Crippen molar-refractivity contribution in [1.29, 1.82) is 0 Å². The molecule has 0 fully saturated rings. The molecule has 2 rings (SSSR count). The molecule has 4 heteroatoms. The summed E-state index contributed by atoms with van der Waals surface area (Å²) in [6, 6.07) is 9.86. The van der Waals surface area contributed by atoms with Crippen LogP contribution in [0, 0.1) is 13.8 Å². The number of benzene rings is 2. The van der Waals surface area contributed by atoms with Gasteiger partial charge in [0.25, 0.3) is 0 Å². The molecule has 0 radical (unpaired) electrons. The van der Waals surface area contributed by atoms with E-state index in [1.54, 1.807) is 27.5 Å². The molecule has 0 aliphatic rings. The van der Waals surface area contributed by atoms with Crippen molar-refractivity contribution >= 4 is 11.9 Å². The predicted molar refractivity (Wildman–Crippen MR) is 89.3 cm³/mol. The van der Waals surface area contributed by atoms with E-state index in [1.807, 2.05) is 18.2 Å². The normalized spacial score (nSPS) is 10.8. The summed E-state index contributed by atoms with van der Waals surface area (Å²) in [5.41, 5.74) is 4.27. The van der Waals surface area contributed by atoms with Gasteiger partial charge in [-0.05, 0) is 49.2 Å². The average molecular weight is 299 g/mol. The summed E-state index contributed by atoms with van der Waals surface area (Å²) >= 11 is 0. The van der Waals surface area contributed by atoms with E-state index < -0.39 is 0 Å². The standard InChI is InChI=1S/C18H21NO3/c1-12-6-7-15(8-13(12)2)19-11-14-9-16(20-3)18(22-5)17(10-14)21-4/h6-11H,1-5H3. The van der Waals surface area contributed by atoms with Crippen molar-refractivity contribution in [2.75, 3.05) is 21.3 Å². The molecule has 0 atom stereocenters. The molecular formula is C18H21NO3. The van der Waals surface area contributed by atoms with Crippen molar-refractivity contribution in [3.05, 3.63) is 47.0 Å². The van der Waals surface area contributed by atoms with Gasteiger partial charge in [-0.2, -0.15) is 0 Å². The monoisotopic (exact) mass is 299 g/mol. The highest BCUT2D eigenvalue weighted by Crippen LogP contribution is 2.37. The Hall–Kier alpha value is -2.49. The molecule has 0 amide bonds. The zero-order valence-electron chi connectivity index (χ0n) is 13.6. The van der Waals surface area contributed by atoms with Crippen LogP contribution in [0.1, 0.15) is 16.7 Å². The van der Waals surface area contributed by atoms with E-state index in [4.69, 9.17) is 14.2 Å². The van der Waals surface area contributed by atoms with Crippen molar-refractivity contribution in [3.63, 3.8) is 0 Å². The topological polar surface area (TPSA) is 40.0 Å². The molecule has 2 aromatic rings. The minimum Gasteiger partial charge on any atom is -0.493 e. The summed E-state index contributed by atoms with van der Waals surface area (Å²) in [5.74, 6) is 1.81. The highest BCUT2D eigenvalue weighted by Gasteiger charge is 2.12. The Balaban J connectivity index is 2.36. The largest absolute Gasteiger partial charge is 0.493 e. The Morgan fingerprint density at radius 3 is 1.95 bits per heavy atom. The number of hydrogen-bond acceptors (Lipinski definition) is 4. The van der Waals surface area contributed by atoms with E-state index in [2.05, 4.69) is 31.0 Å². The van der Waals surface area contributed by atoms with Crippen molar-refractivity contribution in [1.82, 2.24) is 0 Å². The van der Waals surface area contributed by atoms with Gasteiger partial charge < -0.3 is 14.2 Å². The van der Waals surface area contributed by atoms with Crippen LogP contribution in [0.25, 0.3) is 0 Å². The molecule has 0 spiro atoms. The molecule has 0 saturated heterocycles. The predicted octanol–water partition coefficient (Wildman–Crippen LogP) is 4.08. The van der Waals surface area contributed by atoms with Gasteiger partial charge in [0, 0.05) is 11.8 Å². The smallest absolute Gasteiger partial charge is 0.203 e. The summed E-state index contributed by atoms with van der Waals surface area (Å²) < 4.78 is 16.0. The summed E-state index contributed by atoms with van der Waals surface area (Å²) in [6.07, 6.45) is 1.79. The molecule has 0 unspecified atom stereocenters. The van der Waals surface area contributed by atoms with Crippen LogP contribution in [-0.4, -0.2) is 27.5 Å². The van der Waals surface area contributed by atoms with Gasteiger partial charge in [0.1, 0.15) is 0 Å². The first-order valence-corrected chi connectivity index (χ1v) is 7.00. The summed E-state index contributed by atoms with van der Waals surface area (Å²) in [4.78, 5) is 4.51. The zero-order valence-corrected chi connectivity index (χ0v) is 13.6. The van der Waals surface area contributed by atoms with E-state index in [1.165, 1.54) is 11.1 Å². The molecule has 0 aliphatic carbocycles. The molecule has 0 bridgehead atoms. The highest BCUT2D eigenvalue weighted by molar-refractivity contribution is 5.84. The van der Waals surface area contributed by atoms with Crippen molar-refractivity contribution in [3.8, 4) is 17.2 Å². The fraction of sp³-hybridized carbons (Fsp3) is 0.278. The number of aliphatic imine (C=N–C) groups is 1. The van der Waals surface area contributed by atoms with Crippen LogP contribution < -0.4 is 14.2 Å². The molecule has 0 aromatic heterocycles. The van der Waals surface area contributed by atoms with E-state index in [0.717, 1.165) is 11.3 Å². The van der Waals surface area contributed by atoms with Gasteiger partial charge in [-0.1, -0.05) is 6.07 Å². The van der Waals surface area contributed by atoms with Crippen molar-refractivity contribution < 1.29 is 14.2 Å². The Labute approximate surface area is 131 Å². The SMILES string of the molecule is COc1cc(C=Nc2ccc(C)c(C)c2)cc(OC)c1OC. The third kappa shape index (κ3) is 3.39. The van der Waals surface area contributed by atoms with Crippen LogP contribution in [-0.2, 0) is 0 Å². The van der Waals surface area contributed by atoms with Crippen LogP contribution in [0.5, 0.6) is 17.2 Å². The first-order chi connectivity index (χ1) is 10.6. The maximum absolute atomic E-state index is 5.34. The molecule has 0 saturated carbocycles. The second-order valence-electron chi connectivity index (χ2n) is 4.99. The third-order valence-electron chi connectivity index (χ3n) is 3.54. The van der Waals surface area contributed by atoms with E-state index in [9.17, 15) is 0 Å². The van der Waals surface area contributed by atoms with Crippen molar-refractivity contribution in [2.24, 2.45) is 4.99 Å². The van der Waals surface area contributed by atoms with Gasteiger partial charge in [-0.25, -0.2) is 0 Å². The lowest BCUT2D eigenvalue weighted by Gasteiger charge is -2.12. The van der Waals surface area contributed by atoms with Crippen LogP contribution in [0.2, 0.25) is 0 Å². The van der Waals surface area contributed by atoms with Gasteiger partial charge in [0.15, 0.2) is 11.5 Å². The first-order valence-electron chi connectivity index (χ1n) is 7.00. The van der Waals surface area contributed by atoms with Crippen LogP contribution >= 0.6 is 0 Å². The number of methoxy groups -OCH3 is 3. The van der Waals surface area contributed by atoms with Gasteiger partial charge in [-0.15, -0.1) is 0 Å². The van der Waals surface area contributed by atoms with Crippen molar-refractivity contribution in [2.45, 2.75) is 13.8 Å². The van der Waals surface area contributed by atoms with E-state index >= 15 is 0 Å². The minimum atomic E-state index is 0.577. The van der Waals surface area contributed by atoms with E-state index in [0.29, 0.717) is 17.2 Å². The molecule has 0 heterocycles. The molecule has 116 valence electrons. The maximum atomic E-state index is 5.34. The molecular weight excluding hydrogens is 278 g/mol. The van der Waals surface area contributed by atoms with Gasteiger partial charge in [0.05, 0.1) is 27.0 Å². The average Bonchev–Trinajstić information content (AvgIpc) is 2.54. The minimum absolute atomic E-state index is 0.577. The first kappa shape index (κ1) is 15.9. The lowest BCUT2D eigenvalue weighted by atomic mass is 10.1. The molecule has 4 nitrogen and oxygen atoms in total. The zero-order chi connectivity index (χ0) is 16.1.